The van der Waals surface area contributed by atoms with E-state index in [1.807, 2.05) is 12.1 Å². The lowest BCUT2D eigenvalue weighted by Crippen LogP contribution is -1.96. The molecule has 4 aromatic rings. The van der Waals surface area contributed by atoms with E-state index in [-0.39, 0.29) is 12.4 Å². The van der Waals surface area contributed by atoms with Crippen LogP contribution in [0.15, 0.2) is 48.8 Å². The van der Waals surface area contributed by atoms with Gasteiger partial charge in [-0.3, -0.25) is 4.98 Å². The average molecular weight is 326 g/mol. The number of imidazole rings is 1. The van der Waals surface area contributed by atoms with E-state index in [4.69, 9.17) is 0 Å². The number of nitrogens with zero attached hydrogens (tertiary/aromatic N) is 4. The number of aromatic nitrogens is 4. The number of halogens is 1. The zero-order chi connectivity index (χ0) is 15.8. The summed E-state index contributed by atoms with van der Waals surface area (Å²) in [5.41, 5.74) is 2.84. The molecule has 0 atom stereocenters. The van der Waals surface area contributed by atoms with E-state index in [0.29, 0.717) is 26.9 Å². The van der Waals surface area contributed by atoms with Crippen molar-refractivity contribution < 1.29 is 9.50 Å². The highest BCUT2D eigenvalue weighted by atomic mass is 32.1. The molecule has 7 heteroatoms. The molecule has 0 saturated carbocycles. The molecule has 23 heavy (non-hydrogen) atoms. The quantitative estimate of drug-likeness (QED) is 0.628. The lowest BCUT2D eigenvalue weighted by atomic mass is 10.1. The number of benzene rings is 1. The fourth-order valence-electron chi connectivity index (χ4n) is 2.41. The van der Waals surface area contributed by atoms with Gasteiger partial charge in [-0.2, -0.15) is 5.10 Å². The van der Waals surface area contributed by atoms with Crippen LogP contribution in [0.5, 0.6) is 0 Å². The molecule has 0 unspecified atom stereocenters. The molecule has 0 fully saturated rings. The van der Waals surface area contributed by atoms with Gasteiger partial charge in [0.1, 0.15) is 10.8 Å². The molecule has 0 radical (unpaired) electrons. The molecule has 0 amide bonds. The van der Waals surface area contributed by atoms with Gasteiger partial charge in [0.15, 0.2) is 0 Å². The van der Waals surface area contributed by atoms with Crippen molar-refractivity contribution >= 4 is 16.3 Å². The standard InChI is InChI=1S/C16H11FN4OS/c17-12-3-1-2-11(8-12)15-20-21-13(9-22)14(19-16(21)23-15)10-4-6-18-7-5-10/h1-8,22H,9H2. The van der Waals surface area contributed by atoms with E-state index in [9.17, 15) is 9.50 Å². The van der Waals surface area contributed by atoms with Gasteiger partial charge in [0.25, 0.3) is 0 Å². The van der Waals surface area contributed by atoms with Gasteiger partial charge in [-0.25, -0.2) is 13.9 Å². The maximum absolute atomic E-state index is 13.4. The summed E-state index contributed by atoms with van der Waals surface area (Å²) in [6.45, 7) is -0.189. The minimum atomic E-state index is -0.310. The second kappa shape index (κ2) is 5.53. The first kappa shape index (κ1) is 14.0. The van der Waals surface area contributed by atoms with Gasteiger partial charge in [0.05, 0.1) is 18.0 Å². The third-order valence-electron chi connectivity index (χ3n) is 3.47. The molecule has 0 aliphatic carbocycles. The normalized spacial score (nSPS) is 11.2. The molecule has 0 saturated heterocycles. The summed E-state index contributed by atoms with van der Waals surface area (Å²) in [4.78, 5) is 9.20. The van der Waals surface area contributed by atoms with Gasteiger partial charge < -0.3 is 5.11 Å². The third-order valence-corrected chi connectivity index (χ3v) is 4.43. The highest BCUT2D eigenvalue weighted by Crippen LogP contribution is 2.31. The topological polar surface area (TPSA) is 63.3 Å². The van der Waals surface area contributed by atoms with Crippen LogP contribution in [-0.4, -0.2) is 24.7 Å². The first-order valence-corrected chi connectivity index (χ1v) is 7.73. The van der Waals surface area contributed by atoms with Crippen molar-refractivity contribution in [3.05, 3.63) is 60.3 Å². The number of pyridine rings is 1. The van der Waals surface area contributed by atoms with Gasteiger partial charge in [0.2, 0.25) is 4.96 Å². The van der Waals surface area contributed by atoms with Crippen molar-refractivity contribution in [2.24, 2.45) is 0 Å². The summed E-state index contributed by atoms with van der Waals surface area (Å²) < 4.78 is 15.0. The predicted octanol–water partition coefficient (Wildman–Crippen LogP) is 3.15. The second-order valence-electron chi connectivity index (χ2n) is 4.91. The summed E-state index contributed by atoms with van der Waals surface area (Å²) in [6, 6.07) is 9.93. The first-order chi connectivity index (χ1) is 11.3. The van der Waals surface area contributed by atoms with Crippen molar-refractivity contribution in [3.63, 3.8) is 0 Å². The molecule has 3 heterocycles. The Kier molecular flexibility index (Phi) is 3.36. The molecule has 0 aliphatic rings. The molecule has 0 aliphatic heterocycles. The van der Waals surface area contributed by atoms with Crippen LogP contribution in [0.25, 0.3) is 26.8 Å². The van der Waals surface area contributed by atoms with E-state index >= 15 is 0 Å². The highest BCUT2D eigenvalue weighted by molar-refractivity contribution is 7.19. The fraction of sp³-hybridized carbons (Fsp3) is 0.0625. The van der Waals surface area contributed by atoms with Crippen molar-refractivity contribution in [2.75, 3.05) is 0 Å². The van der Waals surface area contributed by atoms with Crippen LogP contribution in [-0.2, 0) is 6.61 Å². The smallest absolute Gasteiger partial charge is 0.213 e. The minimum Gasteiger partial charge on any atom is -0.390 e. The summed E-state index contributed by atoms with van der Waals surface area (Å²) in [7, 11) is 0. The first-order valence-electron chi connectivity index (χ1n) is 6.92. The fourth-order valence-corrected chi connectivity index (χ4v) is 3.33. The molecule has 4 rings (SSSR count). The zero-order valence-electron chi connectivity index (χ0n) is 11.8. The number of hydrogen-bond acceptors (Lipinski definition) is 5. The van der Waals surface area contributed by atoms with Crippen LogP contribution in [0.2, 0.25) is 0 Å². The Morgan fingerprint density at radius 1 is 1.13 bits per heavy atom. The van der Waals surface area contributed by atoms with Crippen LogP contribution in [0.1, 0.15) is 5.69 Å². The molecule has 114 valence electrons. The number of hydrogen-bond donors (Lipinski definition) is 1. The van der Waals surface area contributed by atoms with Crippen LogP contribution in [0, 0.1) is 5.82 Å². The SMILES string of the molecule is OCc1c(-c2ccncc2)nc2sc(-c3cccc(F)c3)nn12. The van der Waals surface area contributed by atoms with E-state index in [1.165, 1.54) is 23.5 Å². The zero-order valence-corrected chi connectivity index (χ0v) is 12.7. The van der Waals surface area contributed by atoms with Crippen LogP contribution in [0.4, 0.5) is 4.39 Å². The maximum atomic E-state index is 13.4. The Balaban J connectivity index is 1.87. The van der Waals surface area contributed by atoms with Crippen molar-refractivity contribution in [2.45, 2.75) is 6.61 Å². The van der Waals surface area contributed by atoms with E-state index in [1.54, 1.807) is 29.0 Å². The Labute approximate surface area is 134 Å². The van der Waals surface area contributed by atoms with Crippen LogP contribution < -0.4 is 0 Å². The molecular weight excluding hydrogens is 315 g/mol. The molecule has 0 bridgehead atoms. The Hall–Kier alpha value is -2.64. The average Bonchev–Trinajstić information content (AvgIpc) is 3.13. The number of aliphatic hydroxyl groups is 1. The monoisotopic (exact) mass is 326 g/mol. The Bertz CT molecular complexity index is 980. The number of rotatable bonds is 3. The lowest BCUT2D eigenvalue weighted by Gasteiger charge is -2.00. The van der Waals surface area contributed by atoms with Gasteiger partial charge >= 0.3 is 0 Å². The maximum Gasteiger partial charge on any atom is 0.213 e. The van der Waals surface area contributed by atoms with E-state index in [2.05, 4.69) is 15.1 Å². The number of aliphatic hydroxyl groups excluding tert-OH is 1. The lowest BCUT2D eigenvalue weighted by molar-refractivity contribution is 0.275. The molecule has 0 spiro atoms. The van der Waals surface area contributed by atoms with Crippen molar-refractivity contribution in [3.8, 4) is 21.8 Å². The van der Waals surface area contributed by atoms with Crippen LogP contribution in [0.3, 0.4) is 0 Å². The van der Waals surface area contributed by atoms with Crippen molar-refractivity contribution in [1.29, 1.82) is 0 Å². The molecule has 5 nitrogen and oxygen atoms in total. The molecular formula is C16H11FN4OS. The molecule has 3 aromatic heterocycles. The summed E-state index contributed by atoms with van der Waals surface area (Å²) in [5.74, 6) is -0.310. The van der Waals surface area contributed by atoms with E-state index in [0.717, 1.165) is 5.56 Å². The van der Waals surface area contributed by atoms with Gasteiger partial charge in [0, 0.05) is 23.5 Å². The predicted molar refractivity (Wildman–Crippen MR) is 85.4 cm³/mol. The summed E-state index contributed by atoms with van der Waals surface area (Å²) in [5, 5.41) is 14.8. The van der Waals surface area contributed by atoms with E-state index < -0.39 is 0 Å². The largest absolute Gasteiger partial charge is 0.390 e. The Morgan fingerprint density at radius 2 is 1.96 bits per heavy atom. The third kappa shape index (κ3) is 2.39. The van der Waals surface area contributed by atoms with Crippen LogP contribution >= 0.6 is 11.3 Å². The minimum absolute atomic E-state index is 0.189. The molecule has 1 N–H and O–H groups in total. The molecule has 1 aromatic carbocycles. The Morgan fingerprint density at radius 3 is 2.70 bits per heavy atom. The summed E-state index contributed by atoms with van der Waals surface area (Å²) >= 11 is 1.35. The van der Waals surface area contributed by atoms with Crippen molar-refractivity contribution in [1.82, 2.24) is 19.6 Å². The summed E-state index contributed by atoms with van der Waals surface area (Å²) in [6.07, 6.45) is 3.35. The van der Waals surface area contributed by atoms with Gasteiger partial charge in [-0.1, -0.05) is 23.5 Å². The van der Waals surface area contributed by atoms with Gasteiger partial charge in [-0.15, -0.1) is 0 Å². The van der Waals surface area contributed by atoms with Gasteiger partial charge in [-0.05, 0) is 24.3 Å². The highest BCUT2D eigenvalue weighted by Gasteiger charge is 2.18. The number of fused-ring (bicyclic) bond motifs is 1. The second-order valence-corrected chi connectivity index (χ2v) is 5.87.